The summed E-state index contributed by atoms with van der Waals surface area (Å²) < 4.78 is 8.22. The second-order valence-electron chi connectivity index (χ2n) is 19.4. The van der Waals surface area contributed by atoms with Crippen LogP contribution in [0, 0.1) is 64.6 Å². The lowest BCUT2D eigenvalue weighted by Crippen LogP contribution is -2.84. The number of benzene rings is 1. The van der Waals surface area contributed by atoms with Gasteiger partial charge in [-0.2, -0.15) is 0 Å². The van der Waals surface area contributed by atoms with E-state index in [2.05, 4.69) is 49.0 Å². The molecule has 3 heterocycles. The fourth-order valence-corrected chi connectivity index (χ4v) is 14.8. The number of phenols is 1. The van der Waals surface area contributed by atoms with E-state index >= 15 is 0 Å². The third-order valence-corrected chi connectivity index (χ3v) is 16.8. The van der Waals surface area contributed by atoms with Crippen LogP contribution in [0.2, 0.25) is 0 Å². The van der Waals surface area contributed by atoms with Gasteiger partial charge in [0.15, 0.2) is 0 Å². The second-order valence-corrected chi connectivity index (χ2v) is 19.4. The zero-order valence-electron chi connectivity index (χ0n) is 31.8. The Morgan fingerprint density at radius 3 is 2.60 bits per heavy atom. The van der Waals surface area contributed by atoms with Gasteiger partial charge in [-0.3, -0.25) is 0 Å². The number of aromatic hydroxyl groups is 1. The normalized spacial score (nSPS) is 43.2. The summed E-state index contributed by atoms with van der Waals surface area (Å²) in [7, 11) is 0. The van der Waals surface area contributed by atoms with Gasteiger partial charge in [-0.05, 0) is 173 Å². The minimum atomic E-state index is -0.650. The SMILES string of the molecule is CCc1c[nH]c([C@@H]2C[C@H](CCO)C[C@@H]([C@@]3(C)O[C@@]45C[C@@H]6CC[C@H](CO)[C@](N)([C@@H]4C#CCc4cc(O)ccc4C[C@@H]4C[C@@H]5CC5(CCCC5)C4)[C@@H]63)C2)c1. The standard InChI is InChI=1S/C46H64N2O4/c1-3-29-21-40(48-27-29)35-17-30(13-16-49)19-37(22-35)43(2)42-34-9-11-36(28-50)46(42,47)41-8-6-7-32-23-39(51)12-10-33(32)18-31-20-38(45(41,25-34)52-43)26-44(24-31)14-4-5-15-44/h10,12,21,23,27,30-31,34-38,41-42,48-51H,3-5,7,9,11,13-20,22,24-26,28,47H2,1-2H3/t30-,31+,34-,35+,36+,37+,38+,41+,42-,43+,45+,46-/m0/s1. The molecule has 5 saturated carbocycles. The average molecular weight is 709 g/mol. The van der Waals surface area contributed by atoms with Crippen molar-refractivity contribution < 1.29 is 20.1 Å². The van der Waals surface area contributed by atoms with E-state index in [4.69, 9.17) is 10.5 Å². The van der Waals surface area contributed by atoms with Crippen molar-refractivity contribution in [1.29, 1.82) is 0 Å². The number of aromatic amines is 1. The van der Waals surface area contributed by atoms with Gasteiger partial charge in [0.05, 0.1) is 17.1 Å². The molecule has 52 heavy (non-hydrogen) atoms. The van der Waals surface area contributed by atoms with Gasteiger partial charge in [0.2, 0.25) is 0 Å². The smallest absolute Gasteiger partial charge is 0.115 e. The van der Waals surface area contributed by atoms with Crippen LogP contribution >= 0.6 is 0 Å². The number of nitrogens with one attached hydrogen (secondary N) is 1. The Labute approximate surface area is 312 Å². The van der Waals surface area contributed by atoms with Gasteiger partial charge in [0, 0.05) is 48.9 Å². The summed E-state index contributed by atoms with van der Waals surface area (Å²) in [6.07, 6.45) is 20.9. The predicted molar refractivity (Wildman–Crippen MR) is 205 cm³/mol. The molecule has 6 bridgehead atoms. The van der Waals surface area contributed by atoms with Crippen LogP contribution in [0.1, 0.15) is 132 Å². The molecule has 2 saturated heterocycles. The van der Waals surface area contributed by atoms with Crippen molar-refractivity contribution in [1.82, 2.24) is 4.98 Å². The highest BCUT2D eigenvalue weighted by Crippen LogP contribution is 2.71. The quantitative estimate of drug-likeness (QED) is 0.197. The van der Waals surface area contributed by atoms with Gasteiger partial charge < -0.3 is 30.8 Å². The maximum atomic E-state index is 11.2. The zero-order chi connectivity index (χ0) is 35.9. The number of aliphatic hydroxyl groups is 2. The number of aliphatic hydroxyl groups excluding tert-OH is 2. The maximum Gasteiger partial charge on any atom is 0.115 e. The van der Waals surface area contributed by atoms with Gasteiger partial charge in [-0.1, -0.05) is 37.7 Å². The first-order chi connectivity index (χ1) is 25.1. The van der Waals surface area contributed by atoms with Crippen LogP contribution in [0.15, 0.2) is 30.5 Å². The Morgan fingerprint density at radius 1 is 0.981 bits per heavy atom. The summed E-state index contributed by atoms with van der Waals surface area (Å²) in [4.78, 5) is 3.67. The first-order valence-electron chi connectivity index (χ1n) is 21.3. The first-order valence-corrected chi connectivity index (χ1v) is 21.3. The van der Waals surface area contributed by atoms with Crippen LogP contribution in [-0.4, -0.2) is 50.3 Å². The third kappa shape index (κ3) is 5.49. The molecule has 1 aromatic carbocycles. The molecular formula is C46H64N2O4. The fourth-order valence-electron chi connectivity index (χ4n) is 14.8. The van der Waals surface area contributed by atoms with E-state index in [1.165, 1.54) is 55.3 Å². The van der Waals surface area contributed by atoms with Crippen LogP contribution in [-0.2, 0) is 24.0 Å². The Hall–Kier alpha value is -2.30. The number of nitrogens with two attached hydrogens (primary N) is 1. The summed E-state index contributed by atoms with van der Waals surface area (Å²) in [5.41, 5.74) is 12.2. The molecular weight excluding hydrogens is 645 g/mol. The van der Waals surface area contributed by atoms with Crippen molar-refractivity contribution in [3.8, 4) is 17.6 Å². The van der Waals surface area contributed by atoms with Crippen molar-refractivity contribution in [2.24, 2.45) is 58.5 Å². The van der Waals surface area contributed by atoms with Gasteiger partial charge in [0.25, 0.3) is 0 Å². The lowest BCUT2D eigenvalue weighted by molar-refractivity contribution is -0.362. The molecule has 1 aromatic heterocycles. The minimum absolute atomic E-state index is 0.0135. The molecule has 282 valence electrons. The number of hydrogen-bond acceptors (Lipinski definition) is 5. The molecule has 6 nitrogen and oxygen atoms in total. The second kappa shape index (κ2) is 13.2. The molecule has 6 heteroatoms. The van der Waals surface area contributed by atoms with Gasteiger partial charge in [-0.15, -0.1) is 0 Å². The first kappa shape index (κ1) is 35.4. The van der Waals surface area contributed by atoms with Crippen LogP contribution < -0.4 is 5.73 Å². The van der Waals surface area contributed by atoms with Gasteiger partial charge in [0.1, 0.15) is 5.75 Å². The number of H-pyrrole nitrogens is 1. The maximum absolute atomic E-state index is 11.2. The van der Waals surface area contributed by atoms with Crippen molar-refractivity contribution in [2.45, 2.75) is 146 Å². The van der Waals surface area contributed by atoms with Crippen molar-refractivity contribution in [2.75, 3.05) is 13.2 Å². The highest BCUT2D eigenvalue weighted by Gasteiger charge is 2.76. The summed E-state index contributed by atoms with van der Waals surface area (Å²) in [6, 6.07) is 8.36. The molecule has 7 fully saturated rings. The van der Waals surface area contributed by atoms with Crippen molar-refractivity contribution in [3.05, 3.63) is 52.8 Å². The Bertz CT molecular complexity index is 1700. The lowest BCUT2D eigenvalue weighted by atomic mass is 9.38. The van der Waals surface area contributed by atoms with E-state index in [-0.39, 0.29) is 31.0 Å². The summed E-state index contributed by atoms with van der Waals surface area (Å²) >= 11 is 0. The Morgan fingerprint density at radius 2 is 1.83 bits per heavy atom. The molecule has 6 aliphatic carbocycles. The molecule has 2 spiro atoms. The van der Waals surface area contributed by atoms with Crippen molar-refractivity contribution in [3.63, 3.8) is 0 Å². The minimum Gasteiger partial charge on any atom is -0.508 e. The van der Waals surface area contributed by atoms with Crippen LogP contribution in [0.25, 0.3) is 0 Å². The number of ether oxygens (including phenoxy) is 1. The van der Waals surface area contributed by atoms with E-state index in [1.807, 2.05) is 12.1 Å². The fraction of sp³-hybridized carbons (Fsp3) is 0.739. The molecule has 10 rings (SSSR count). The van der Waals surface area contributed by atoms with Crippen LogP contribution in [0.5, 0.6) is 5.75 Å². The molecule has 2 aromatic rings. The van der Waals surface area contributed by atoms with Crippen LogP contribution in [0.4, 0.5) is 0 Å². The van der Waals surface area contributed by atoms with E-state index in [9.17, 15) is 15.3 Å². The number of phenolic OH excluding ortho intramolecular Hbond substituents is 1. The van der Waals surface area contributed by atoms with Crippen molar-refractivity contribution >= 4 is 0 Å². The lowest BCUT2D eigenvalue weighted by Gasteiger charge is -2.75. The third-order valence-electron chi connectivity index (χ3n) is 16.8. The van der Waals surface area contributed by atoms with Gasteiger partial charge >= 0.3 is 0 Å². The Kier molecular flexibility index (Phi) is 8.97. The molecule has 0 unspecified atom stereocenters. The predicted octanol–water partition coefficient (Wildman–Crippen LogP) is 7.82. The Balaban J connectivity index is 1.19. The monoisotopic (exact) mass is 708 g/mol. The zero-order valence-corrected chi connectivity index (χ0v) is 31.8. The van der Waals surface area contributed by atoms with E-state index < -0.39 is 16.7 Å². The molecule has 2 aliphatic heterocycles. The number of rotatable bonds is 6. The summed E-state index contributed by atoms with van der Waals surface area (Å²) in [5, 5.41) is 32.1. The molecule has 12 atom stereocenters. The van der Waals surface area contributed by atoms with E-state index in [1.54, 1.807) is 0 Å². The van der Waals surface area contributed by atoms with Crippen LogP contribution in [0.3, 0.4) is 0 Å². The summed E-state index contributed by atoms with van der Waals surface area (Å²) in [6.45, 7) is 5.00. The summed E-state index contributed by atoms with van der Waals surface area (Å²) in [5.74, 6) is 10.4. The highest BCUT2D eigenvalue weighted by atomic mass is 16.5. The van der Waals surface area contributed by atoms with E-state index in [0.717, 1.165) is 69.8 Å². The number of fused-ring (bicyclic) bond motifs is 4. The molecule has 0 radical (unpaired) electrons. The molecule has 6 N–H and O–H groups in total. The molecule has 8 aliphatic rings. The largest absolute Gasteiger partial charge is 0.508 e. The van der Waals surface area contributed by atoms with E-state index in [0.29, 0.717) is 53.1 Å². The molecule has 0 amide bonds. The van der Waals surface area contributed by atoms with Gasteiger partial charge in [-0.25, -0.2) is 0 Å². The number of aryl methyl sites for hydroxylation is 1. The number of aromatic nitrogens is 1. The average Bonchev–Trinajstić information content (AvgIpc) is 3.80. The topological polar surface area (TPSA) is 112 Å². The number of hydrogen-bond donors (Lipinski definition) is 5. The highest BCUT2D eigenvalue weighted by molar-refractivity contribution is 5.40.